The summed E-state index contributed by atoms with van der Waals surface area (Å²) in [6.07, 6.45) is 6.24. The zero-order valence-electron chi connectivity index (χ0n) is 4.89. The maximum Gasteiger partial charge on any atom is 0.103 e. The van der Waals surface area contributed by atoms with E-state index in [9.17, 15) is 4.39 Å². The Kier molecular flexibility index (Phi) is 1.47. The van der Waals surface area contributed by atoms with Crippen molar-refractivity contribution in [1.82, 2.24) is 0 Å². The van der Waals surface area contributed by atoms with Crippen LogP contribution in [0.5, 0.6) is 0 Å². The second-order valence-corrected chi connectivity index (χ2v) is 2.04. The van der Waals surface area contributed by atoms with Gasteiger partial charge in [-0.1, -0.05) is 19.1 Å². The highest BCUT2D eigenvalue weighted by molar-refractivity contribution is 5.12. The third kappa shape index (κ3) is 0.971. The van der Waals surface area contributed by atoms with Crippen LogP contribution in [0.4, 0.5) is 4.39 Å². The van der Waals surface area contributed by atoms with Crippen LogP contribution in [0.1, 0.15) is 13.3 Å². The predicted octanol–water partition coefficient (Wildman–Crippen LogP) is 2.44. The van der Waals surface area contributed by atoms with Gasteiger partial charge >= 0.3 is 0 Å². The third-order valence-corrected chi connectivity index (χ3v) is 1.31. The number of rotatable bonds is 0. The molecule has 0 fully saturated rings. The molecule has 0 aromatic heterocycles. The molecule has 0 aliphatic heterocycles. The van der Waals surface area contributed by atoms with Crippen LogP contribution >= 0.6 is 0 Å². The number of hydrogen-bond acceptors (Lipinski definition) is 0. The van der Waals surface area contributed by atoms with Crippen molar-refractivity contribution in [2.45, 2.75) is 13.3 Å². The average molecular weight is 112 g/mol. The lowest BCUT2D eigenvalue weighted by Crippen LogP contribution is -1.92. The fourth-order valence-corrected chi connectivity index (χ4v) is 0.741. The highest BCUT2D eigenvalue weighted by atomic mass is 19.1. The van der Waals surface area contributed by atoms with Crippen molar-refractivity contribution in [2.75, 3.05) is 0 Å². The molecule has 0 radical (unpaired) electrons. The zero-order chi connectivity index (χ0) is 5.98. The Bertz CT molecular complexity index is 133. The summed E-state index contributed by atoms with van der Waals surface area (Å²) in [7, 11) is 0. The predicted molar refractivity (Wildman–Crippen MR) is 32.1 cm³/mol. The molecule has 0 saturated heterocycles. The van der Waals surface area contributed by atoms with Gasteiger partial charge in [0.2, 0.25) is 0 Å². The molecule has 0 amide bonds. The van der Waals surface area contributed by atoms with Crippen LogP contribution in [0.3, 0.4) is 0 Å². The first-order chi connectivity index (χ1) is 3.80. The standard InChI is InChI=1S/C7H9F/c1-6-4-2-3-5-7(6)8/h2,4-6H,3H2,1H3. The van der Waals surface area contributed by atoms with E-state index in [2.05, 4.69) is 0 Å². The molecule has 0 nitrogen and oxygen atoms in total. The Labute approximate surface area is 48.7 Å². The molecule has 1 rings (SSSR count). The summed E-state index contributed by atoms with van der Waals surface area (Å²) in [5.41, 5.74) is 0. The van der Waals surface area contributed by atoms with Crippen LogP contribution < -0.4 is 0 Å². The van der Waals surface area contributed by atoms with E-state index in [1.54, 1.807) is 6.08 Å². The summed E-state index contributed by atoms with van der Waals surface area (Å²) in [6.45, 7) is 1.85. The quantitative estimate of drug-likeness (QED) is 0.422. The Balaban J connectivity index is 2.63. The van der Waals surface area contributed by atoms with E-state index < -0.39 is 0 Å². The third-order valence-electron chi connectivity index (χ3n) is 1.31. The fourth-order valence-electron chi connectivity index (χ4n) is 0.741. The van der Waals surface area contributed by atoms with Crippen LogP contribution in [0.2, 0.25) is 0 Å². The SMILES string of the molecule is CC1C=CCC=C1F. The number of hydrogen-bond donors (Lipinski definition) is 0. The molecule has 0 saturated carbocycles. The van der Waals surface area contributed by atoms with Crippen LogP contribution in [0.15, 0.2) is 24.1 Å². The smallest absolute Gasteiger partial charge is 0.103 e. The first-order valence-corrected chi connectivity index (χ1v) is 2.83. The van der Waals surface area contributed by atoms with Gasteiger partial charge in [-0.05, 0) is 12.5 Å². The van der Waals surface area contributed by atoms with Crippen LogP contribution in [0, 0.1) is 5.92 Å². The van der Waals surface area contributed by atoms with Gasteiger partial charge in [0.15, 0.2) is 0 Å². The normalized spacial score (nSPS) is 27.8. The maximum atomic E-state index is 12.4. The molecule has 0 bridgehead atoms. The molecule has 0 spiro atoms. The van der Waals surface area contributed by atoms with E-state index >= 15 is 0 Å². The molecule has 1 aliphatic carbocycles. The summed E-state index contributed by atoms with van der Waals surface area (Å²) >= 11 is 0. The largest absolute Gasteiger partial charge is 0.212 e. The molecule has 8 heavy (non-hydrogen) atoms. The van der Waals surface area contributed by atoms with E-state index in [0.29, 0.717) is 0 Å². The van der Waals surface area contributed by atoms with Gasteiger partial charge in [0.05, 0.1) is 0 Å². The summed E-state index contributed by atoms with van der Waals surface area (Å²) < 4.78 is 12.4. The van der Waals surface area contributed by atoms with Crippen molar-refractivity contribution >= 4 is 0 Å². The minimum atomic E-state index is 0.00694. The lowest BCUT2D eigenvalue weighted by molar-refractivity contribution is 0.539. The van der Waals surface area contributed by atoms with E-state index in [-0.39, 0.29) is 11.7 Å². The van der Waals surface area contributed by atoms with Gasteiger partial charge in [-0.2, -0.15) is 0 Å². The minimum absolute atomic E-state index is 0.00694. The fraction of sp³-hybridized carbons (Fsp3) is 0.429. The summed E-state index contributed by atoms with van der Waals surface area (Å²) in [6, 6.07) is 0. The van der Waals surface area contributed by atoms with Gasteiger partial charge in [-0.15, -0.1) is 0 Å². The Morgan fingerprint density at radius 3 is 2.88 bits per heavy atom. The highest BCUT2D eigenvalue weighted by Crippen LogP contribution is 2.18. The lowest BCUT2D eigenvalue weighted by Gasteiger charge is -2.05. The van der Waals surface area contributed by atoms with Crippen molar-refractivity contribution in [3.63, 3.8) is 0 Å². The van der Waals surface area contributed by atoms with Crippen molar-refractivity contribution in [3.05, 3.63) is 24.1 Å². The second-order valence-electron chi connectivity index (χ2n) is 2.04. The van der Waals surface area contributed by atoms with E-state index in [1.165, 1.54) is 0 Å². The van der Waals surface area contributed by atoms with Gasteiger partial charge in [0.1, 0.15) is 5.83 Å². The number of allylic oxidation sites excluding steroid dienone is 4. The van der Waals surface area contributed by atoms with E-state index in [4.69, 9.17) is 0 Å². The molecule has 1 unspecified atom stereocenters. The van der Waals surface area contributed by atoms with Gasteiger partial charge in [0.25, 0.3) is 0 Å². The summed E-state index contributed by atoms with van der Waals surface area (Å²) in [5, 5.41) is 0. The van der Waals surface area contributed by atoms with Crippen molar-refractivity contribution in [1.29, 1.82) is 0 Å². The molecule has 1 atom stereocenters. The van der Waals surface area contributed by atoms with Gasteiger partial charge in [-0.3, -0.25) is 0 Å². The molecule has 1 heteroatoms. The van der Waals surface area contributed by atoms with Gasteiger partial charge in [-0.25, -0.2) is 4.39 Å². The molecular formula is C7H9F. The molecule has 0 aromatic rings. The Morgan fingerprint density at radius 1 is 1.75 bits per heavy atom. The molecule has 0 heterocycles. The molecule has 0 N–H and O–H groups in total. The van der Waals surface area contributed by atoms with Crippen molar-refractivity contribution in [3.8, 4) is 0 Å². The highest BCUT2D eigenvalue weighted by Gasteiger charge is 2.04. The molecular weight excluding hydrogens is 103 g/mol. The van der Waals surface area contributed by atoms with Crippen LogP contribution in [0.25, 0.3) is 0 Å². The lowest BCUT2D eigenvalue weighted by atomic mass is 10.0. The Morgan fingerprint density at radius 2 is 2.50 bits per heavy atom. The van der Waals surface area contributed by atoms with Gasteiger partial charge < -0.3 is 0 Å². The van der Waals surface area contributed by atoms with Crippen molar-refractivity contribution in [2.24, 2.45) is 5.92 Å². The van der Waals surface area contributed by atoms with Crippen LogP contribution in [-0.4, -0.2) is 0 Å². The first kappa shape index (κ1) is 5.54. The monoisotopic (exact) mass is 112 g/mol. The molecule has 0 aromatic carbocycles. The van der Waals surface area contributed by atoms with Gasteiger partial charge in [0, 0.05) is 5.92 Å². The zero-order valence-corrected chi connectivity index (χ0v) is 4.89. The maximum absolute atomic E-state index is 12.4. The summed E-state index contributed by atoms with van der Waals surface area (Å²) in [5.74, 6) is 0.0243. The Hall–Kier alpha value is -0.590. The minimum Gasteiger partial charge on any atom is -0.212 e. The van der Waals surface area contributed by atoms with E-state index in [1.807, 2.05) is 19.1 Å². The molecule has 1 aliphatic rings. The van der Waals surface area contributed by atoms with E-state index in [0.717, 1.165) is 6.42 Å². The second kappa shape index (κ2) is 2.12. The number of halogens is 1. The average Bonchev–Trinajstić information content (AvgIpc) is 1.77. The van der Waals surface area contributed by atoms with Crippen LogP contribution in [-0.2, 0) is 0 Å². The molecule has 44 valence electrons. The first-order valence-electron chi connectivity index (χ1n) is 2.83. The summed E-state index contributed by atoms with van der Waals surface area (Å²) in [4.78, 5) is 0. The van der Waals surface area contributed by atoms with Crippen molar-refractivity contribution < 1.29 is 4.39 Å². The topological polar surface area (TPSA) is 0 Å².